The summed E-state index contributed by atoms with van der Waals surface area (Å²) >= 11 is 6.21. The van der Waals surface area contributed by atoms with E-state index >= 15 is 0 Å². The van der Waals surface area contributed by atoms with E-state index in [1.54, 1.807) is 6.20 Å². The number of hydrogen-bond acceptors (Lipinski definition) is 4. The number of rotatable bonds is 5. The van der Waals surface area contributed by atoms with Crippen molar-refractivity contribution in [1.82, 2.24) is 9.97 Å². The first kappa shape index (κ1) is 16.9. The van der Waals surface area contributed by atoms with Gasteiger partial charge in [-0.3, -0.25) is 4.79 Å². The maximum atomic E-state index is 11.0. The zero-order valence-corrected chi connectivity index (χ0v) is 14.4. The van der Waals surface area contributed by atoms with Crippen LogP contribution in [0.3, 0.4) is 0 Å². The maximum Gasteiger partial charge on any atom is 0.227 e. The highest BCUT2D eigenvalue weighted by Gasteiger charge is 2.05. The van der Waals surface area contributed by atoms with Gasteiger partial charge in [0, 0.05) is 35.9 Å². The molecule has 0 fully saturated rings. The van der Waals surface area contributed by atoms with E-state index in [0.29, 0.717) is 12.4 Å². The van der Waals surface area contributed by atoms with Crippen molar-refractivity contribution in [2.75, 3.05) is 10.6 Å². The Bertz CT molecular complexity index is 881. The van der Waals surface area contributed by atoms with Crippen molar-refractivity contribution < 1.29 is 4.79 Å². The molecule has 0 saturated heterocycles. The maximum absolute atomic E-state index is 11.0. The highest BCUT2D eigenvalue weighted by atomic mass is 35.5. The Kier molecular flexibility index (Phi) is 5.26. The molecule has 0 aliphatic carbocycles. The highest BCUT2D eigenvalue weighted by Crippen LogP contribution is 2.20. The van der Waals surface area contributed by atoms with Crippen LogP contribution in [-0.4, -0.2) is 15.9 Å². The number of amides is 1. The lowest BCUT2D eigenvalue weighted by molar-refractivity contribution is -0.114. The average molecular weight is 353 g/mol. The van der Waals surface area contributed by atoms with Crippen LogP contribution in [0.5, 0.6) is 0 Å². The summed E-state index contributed by atoms with van der Waals surface area (Å²) in [6.45, 7) is 1.48. The Morgan fingerprint density at radius 2 is 1.76 bits per heavy atom. The molecule has 25 heavy (non-hydrogen) atoms. The molecular weight excluding hydrogens is 336 g/mol. The van der Waals surface area contributed by atoms with E-state index in [-0.39, 0.29) is 5.91 Å². The minimum atomic E-state index is -0.101. The molecule has 3 aromatic rings. The second-order valence-corrected chi connectivity index (χ2v) is 5.93. The molecule has 0 unspecified atom stereocenters. The fourth-order valence-corrected chi connectivity index (χ4v) is 2.56. The largest absolute Gasteiger partial charge is 0.326 e. The molecule has 126 valence electrons. The molecule has 0 spiro atoms. The molecule has 6 heteroatoms. The minimum Gasteiger partial charge on any atom is -0.326 e. The van der Waals surface area contributed by atoms with E-state index in [1.165, 1.54) is 6.92 Å². The van der Waals surface area contributed by atoms with Crippen molar-refractivity contribution >= 4 is 34.8 Å². The summed E-state index contributed by atoms with van der Waals surface area (Å²) in [5.74, 6) is 0.410. The highest BCUT2D eigenvalue weighted by molar-refractivity contribution is 6.31. The van der Waals surface area contributed by atoms with E-state index in [0.717, 1.165) is 27.7 Å². The summed E-state index contributed by atoms with van der Waals surface area (Å²) < 4.78 is 0. The SMILES string of the molecule is CC(=O)Nc1ccc(Nc2nccc(Cc3ccccc3Cl)n2)cc1. The topological polar surface area (TPSA) is 66.9 Å². The minimum absolute atomic E-state index is 0.101. The molecule has 5 nitrogen and oxygen atoms in total. The monoisotopic (exact) mass is 352 g/mol. The van der Waals surface area contributed by atoms with Gasteiger partial charge in [0.25, 0.3) is 0 Å². The summed E-state index contributed by atoms with van der Waals surface area (Å²) in [6.07, 6.45) is 2.35. The number of aromatic nitrogens is 2. The molecular formula is C19H17ClN4O. The predicted octanol–water partition coefficient (Wildman–Crippen LogP) is 4.42. The Morgan fingerprint density at radius 1 is 1.04 bits per heavy atom. The van der Waals surface area contributed by atoms with Crippen molar-refractivity contribution in [3.63, 3.8) is 0 Å². The van der Waals surface area contributed by atoms with Crippen LogP contribution in [0.15, 0.2) is 60.8 Å². The lowest BCUT2D eigenvalue weighted by atomic mass is 10.1. The summed E-state index contributed by atoms with van der Waals surface area (Å²) in [5, 5.41) is 6.61. The number of halogens is 1. The first-order valence-electron chi connectivity index (χ1n) is 7.80. The molecule has 3 rings (SSSR count). The molecule has 2 N–H and O–H groups in total. The summed E-state index contributed by atoms with van der Waals surface area (Å²) in [6, 6.07) is 16.9. The Hall–Kier alpha value is -2.92. The van der Waals surface area contributed by atoms with Gasteiger partial charge in [-0.05, 0) is 42.0 Å². The summed E-state index contributed by atoms with van der Waals surface area (Å²) in [5.41, 5.74) is 3.48. The quantitative estimate of drug-likeness (QED) is 0.713. The number of nitrogens with one attached hydrogen (secondary N) is 2. The fourth-order valence-electron chi connectivity index (χ4n) is 2.36. The van der Waals surface area contributed by atoms with Crippen LogP contribution >= 0.6 is 11.6 Å². The molecule has 0 bridgehead atoms. The number of carbonyl (C=O) groups excluding carboxylic acids is 1. The van der Waals surface area contributed by atoms with Crippen molar-refractivity contribution in [3.8, 4) is 0 Å². The van der Waals surface area contributed by atoms with Crippen LogP contribution < -0.4 is 10.6 Å². The molecule has 0 aliphatic heterocycles. The number of benzene rings is 2. The number of anilines is 3. The van der Waals surface area contributed by atoms with Gasteiger partial charge < -0.3 is 10.6 Å². The van der Waals surface area contributed by atoms with E-state index in [4.69, 9.17) is 11.6 Å². The summed E-state index contributed by atoms with van der Waals surface area (Å²) in [4.78, 5) is 19.8. The van der Waals surface area contributed by atoms with Crippen LogP contribution in [0.4, 0.5) is 17.3 Å². The Morgan fingerprint density at radius 3 is 2.48 bits per heavy atom. The first-order chi connectivity index (χ1) is 12.1. The van der Waals surface area contributed by atoms with Crippen LogP contribution in [0, 0.1) is 0 Å². The van der Waals surface area contributed by atoms with Gasteiger partial charge in [0.05, 0.1) is 5.69 Å². The summed E-state index contributed by atoms with van der Waals surface area (Å²) in [7, 11) is 0. The second kappa shape index (κ2) is 7.77. The van der Waals surface area contributed by atoms with Gasteiger partial charge in [0.1, 0.15) is 0 Å². The van der Waals surface area contributed by atoms with Crippen molar-refractivity contribution in [1.29, 1.82) is 0 Å². The van der Waals surface area contributed by atoms with Crippen LogP contribution in [0.2, 0.25) is 5.02 Å². The van der Waals surface area contributed by atoms with Crippen molar-refractivity contribution in [2.45, 2.75) is 13.3 Å². The second-order valence-electron chi connectivity index (χ2n) is 5.52. The molecule has 1 amide bonds. The standard InChI is InChI=1S/C19H17ClN4O/c1-13(25)22-15-6-8-16(9-7-15)23-19-21-11-10-17(24-19)12-14-4-2-3-5-18(14)20/h2-11H,12H2,1H3,(H,22,25)(H,21,23,24). The lowest BCUT2D eigenvalue weighted by Crippen LogP contribution is -2.05. The molecule has 1 heterocycles. The average Bonchev–Trinajstić information content (AvgIpc) is 2.59. The van der Waals surface area contributed by atoms with Gasteiger partial charge in [-0.25, -0.2) is 9.97 Å². The first-order valence-corrected chi connectivity index (χ1v) is 8.18. The van der Waals surface area contributed by atoms with E-state index in [9.17, 15) is 4.79 Å². The Balaban J connectivity index is 1.71. The zero-order valence-electron chi connectivity index (χ0n) is 13.7. The molecule has 2 aromatic carbocycles. The smallest absolute Gasteiger partial charge is 0.227 e. The zero-order chi connectivity index (χ0) is 17.6. The molecule has 0 saturated carbocycles. The number of hydrogen-bond donors (Lipinski definition) is 2. The predicted molar refractivity (Wildman–Crippen MR) is 100 cm³/mol. The third-order valence-electron chi connectivity index (χ3n) is 3.50. The van der Waals surface area contributed by atoms with Crippen molar-refractivity contribution in [2.24, 2.45) is 0 Å². The van der Waals surface area contributed by atoms with E-state index < -0.39 is 0 Å². The molecule has 0 atom stereocenters. The Labute approximate surface area is 151 Å². The molecule has 0 radical (unpaired) electrons. The van der Waals surface area contributed by atoms with E-state index in [1.807, 2.05) is 54.6 Å². The van der Waals surface area contributed by atoms with Crippen molar-refractivity contribution in [3.05, 3.63) is 77.1 Å². The third-order valence-corrected chi connectivity index (χ3v) is 3.87. The number of carbonyl (C=O) groups is 1. The van der Waals surface area contributed by atoms with Crippen LogP contribution in [0.1, 0.15) is 18.2 Å². The lowest BCUT2D eigenvalue weighted by Gasteiger charge is -2.08. The van der Waals surface area contributed by atoms with Crippen LogP contribution in [0.25, 0.3) is 0 Å². The van der Waals surface area contributed by atoms with Gasteiger partial charge in [0.2, 0.25) is 11.9 Å². The normalized spacial score (nSPS) is 10.3. The van der Waals surface area contributed by atoms with E-state index in [2.05, 4.69) is 20.6 Å². The van der Waals surface area contributed by atoms with Gasteiger partial charge in [-0.1, -0.05) is 29.8 Å². The third kappa shape index (κ3) is 4.78. The van der Waals surface area contributed by atoms with Gasteiger partial charge in [-0.2, -0.15) is 0 Å². The van der Waals surface area contributed by atoms with Gasteiger partial charge in [-0.15, -0.1) is 0 Å². The van der Waals surface area contributed by atoms with Gasteiger partial charge >= 0.3 is 0 Å². The number of nitrogens with zero attached hydrogens (tertiary/aromatic N) is 2. The van der Waals surface area contributed by atoms with Crippen LogP contribution in [-0.2, 0) is 11.2 Å². The fraction of sp³-hybridized carbons (Fsp3) is 0.105. The molecule has 0 aliphatic rings. The van der Waals surface area contributed by atoms with Gasteiger partial charge in [0.15, 0.2) is 0 Å². The molecule has 1 aromatic heterocycles.